The third-order valence-electron chi connectivity index (χ3n) is 4.10. The van der Waals surface area contributed by atoms with Crippen LogP contribution in [0.4, 0.5) is 11.4 Å². The fraction of sp³-hybridized carbons (Fsp3) is 0.0952. The Hall–Kier alpha value is -3.47. The van der Waals surface area contributed by atoms with Gasteiger partial charge in [0.05, 0.1) is 5.69 Å². The highest BCUT2D eigenvalue weighted by Gasteiger charge is 2.12. The predicted molar refractivity (Wildman–Crippen MR) is 102 cm³/mol. The number of anilines is 1. The highest BCUT2D eigenvalue weighted by molar-refractivity contribution is 5.83. The Kier molecular flexibility index (Phi) is 4.43. The van der Waals surface area contributed by atoms with Crippen molar-refractivity contribution >= 4 is 17.6 Å². The van der Waals surface area contributed by atoms with Gasteiger partial charge in [0.25, 0.3) is 0 Å². The third-order valence-corrected chi connectivity index (χ3v) is 4.10. The molecule has 0 unspecified atom stereocenters. The van der Waals surface area contributed by atoms with E-state index in [1.165, 1.54) is 0 Å². The van der Waals surface area contributed by atoms with Crippen molar-refractivity contribution in [2.75, 3.05) is 12.1 Å². The zero-order valence-corrected chi connectivity index (χ0v) is 14.1. The molecule has 3 aromatic rings. The van der Waals surface area contributed by atoms with Crippen LogP contribution in [0.25, 0.3) is 0 Å². The van der Waals surface area contributed by atoms with Crippen LogP contribution in [0.5, 0.6) is 17.2 Å². The summed E-state index contributed by atoms with van der Waals surface area (Å²) in [5.74, 6) is 1.81. The van der Waals surface area contributed by atoms with Crippen LogP contribution >= 0.6 is 0 Å². The largest absolute Gasteiger partial charge is 0.508 e. The Morgan fingerprint density at radius 1 is 0.962 bits per heavy atom. The second-order valence-corrected chi connectivity index (χ2v) is 5.90. The first kappa shape index (κ1) is 16.0. The van der Waals surface area contributed by atoms with Crippen molar-refractivity contribution in [3.63, 3.8) is 0 Å². The molecule has 0 saturated heterocycles. The van der Waals surface area contributed by atoms with Gasteiger partial charge < -0.3 is 19.9 Å². The van der Waals surface area contributed by atoms with E-state index in [2.05, 4.69) is 10.3 Å². The number of phenolic OH excluding ortho intramolecular Hbond substituents is 1. The van der Waals surface area contributed by atoms with Gasteiger partial charge in [-0.3, -0.25) is 4.99 Å². The second-order valence-electron chi connectivity index (χ2n) is 5.90. The van der Waals surface area contributed by atoms with Crippen molar-refractivity contribution in [2.24, 2.45) is 4.99 Å². The molecular formula is C21H18N2O3. The van der Waals surface area contributed by atoms with E-state index in [9.17, 15) is 5.11 Å². The highest BCUT2D eigenvalue weighted by atomic mass is 16.7. The van der Waals surface area contributed by atoms with Gasteiger partial charge in [-0.1, -0.05) is 18.2 Å². The molecule has 26 heavy (non-hydrogen) atoms. The molecule has 0 amide bonds. The summed E-state index contributed by atoms with van der Waals surface area (Å²) in [5, 5.41) is 13.1. The van der Waals surface area contributed by atoms with Crippen LogP contribution in [0.2, 0.25) is 0 Å². The molecule has 0 aliphatic carbocycles. The minimum atomic E-state index is 0.269. The number of benzene rings is 3. The molecule has 5 nitrogen and oxygen atoms in total. The fourth-order valence-electron chi connectivity index (χ4n) is 2.67. The van der Waals surface area contributed by atoms with Crippen LogP contribution < -0.4 is 14.8 Å². The number of para-hydroxylation sites is 1. The van der Waals surface area contributed by atoms with Gasteiger partial charge in [-0.2, -0.15) is 0 Å². The quantitative estimate of drug-likeness (QED) is 0.669. The van der Waals surface area contributed by atoms with Gasteiger partial charge in [0.2, 0.25) is 6.79 Å². The summed E-state index contributed by atoms with van der Waals surface area (Å²) in [6, 6.07) is 20.8. The van der Waals surface area contributed by atoms with Crippen LogP contribution in [0.3, 0.4) is 0 Å². The first-order valence-corrected chi connectivity index (χ1v) is 8.32. The smallest absolute Gasteiger partial charge is 0.231 e. The van der Waals surface area contributed by atoms with Crippen LogP contribution in [0, 0.1) is 0 Å². The Bertz CT molecular complexity index is 936. The monoisotopic (exact) mass is 346 g/mol. The Morgan fingerprint density at radius 3 is 2.62 bits per heavy atom. The number of nitrogens with zero attached hydrogens (tertiary/aromatic N) is 1. The Balaban J connectivity index is 1.39. The van der Waals surface area contributed by atoms with E-state index >= 15 is 0 Å². The zero-order valence-electron chi connectivity index (χ0n) is 14.1. The molecule has 0 saturated carbocycles. The van der Waals surface area contributed by atoms with Gasteiger partial charge in [-0.05, 0) is 54.1 Å². The fourth-order valence-corrected chi connectivity index (χ4v) is 2.67. The number of aromatic hydroxyl groups is 1. The van der Waals surface area contributed by atoms with Crippen molar-refractivity contribution in [1.82, 2.24) is 0 Å². The molecule has 1 aliphatic heterocycles. The lowest BCUT2D eigenvalue weighted by molar-refractivity contribution is 0.174. The molecule has 0 radical (unpaired) electrons. The molecule has 0 bridgehead atoms. The van der Waals surface area contributed by atoms with E-state index in [0.29, 0.717) is 12.3 Å². The number of hydrogen-bond donors (Lipinski definition) is 2. The average molecular weight is 346 g/mol. The standard InChI is InChI=1S/C21H18N2O3/c24-19-4-2-1-3-16(19)13-23-18-8-6-17(7-9-18)22-12-15-5-10-20-21(11-15)26-14-25-20/h1-12,23-24H,13-14H2. The Morgan fingerprint density at radius 2 is 1.77 bits per heavy atom. The molecule has 0 spiro atoms. The van der Waals surface area contributed by atoms with Crippen LogP contribution in [-0.2, 0) is 6.54 Å². The van der Waals surface area contributed by atoms with Crippen molar-refractivity contribution in [2.45, 2.75) is 6.54 Å². The first-order chi connectivity index (χ1) is 12.8. The maximum Gasteiger partial charge on any atom is 0.231 e. The molecule has 2 N–H and O–H groups in total. The summed E-state index contributed by atoms with van der Waals surface area (Å²) in [7, 11) is 0. The minimum absolute atomic E-state index is 0.269. The van der Waals surface area contributed by atoms with Gasteiger partial charge in [-0.15, -0.1) is 0 Å². The zero-order chi connectivity index (χ0) is 17.8. The van der Waals surface area contributed by atoms with E-state index in [0.717, 1.165) is 34.0 Å². The summed E-state index contributed by atoms with van der Waals surface area (Å²) in [5.41, 5.74) is 3.64. The first-order valence-electron chi connectivity index (χ1n) is 8.32. The maximum absolute atomic E-state index is 9.79. The lowest BCUT2D eigenvalue weighted by Gasteiger charge is -2.08. The molecule has 0 atom stereocenters. The van der Waals surface area contributed by atoms with E-state index in [1.54, 1.807) is 12.3 Å². The van der Waals surface area contributed by atoms with Gasteiger partial charge in [0, 0.05) is 24.0 Å². The van der Waals surface area contributed by atoms with Gasteiger partial charge in [-0.25, -0.2) is 0 Å². The second kappa shape index (κ2) is 7.19. The summed E-state index contributed by atoms with van der Waals surface area (Å²) in [6.45, 7) is 0.831. The number of fused-ring (bicyclic) bond motifs is 1. The van der Waals surface area contributed by atoms with E-state index < -0.39 is 0 Å². The summed E-state index contributed by atoms with van der Waals surface area (Å²) < 4.78 is 10.7. The van der Waals surface area contributed by atoms with Crippen LogP contribution in [0.15, 0.2) is 71.7 Å². The number of ether oxygens (including phenoxy) is 2. The van der Waals surface area contributed by atoms with Crippen molar-refractivity contribution in [1.29, 1.82) is 0 Å². The predicted octanol–water partition coefficient (Wildman–Crippen LogP) is 4.48. The van der Waals surface area contributed by atoms with Gasteiger partial charge in [0.1, 0.15) is 5.75 Å². The van der Waals surface area contributed by atoms with Crippen molar-refractivity contribution < 1.29 is 14.6 Å². The molecule has 1 heterocycles. The lowest BCUT2D eigenvalue weighted by atomic mass is 10.2. The molecule has 5 heteroatoms. The topological polar surface area (TPSA) is 63.1 Å². The summed E-state index contributed by atoms with van der Waals surface area (Å²) in [4.78, 5) is 4.49. The molecule has 4 rings (SSSR count). The Labute approximate surface area is 151 Å². The minimum Gasteiger partial charge on any atom is -0.508 e. The SMILES string of the molecule is Oc1ccccc1CNc1ccc(N=Cc2ccc3c(c2)OCO3)cc1. The molecular weight excluding hydrogens is 328 g/mol. The number of hydrogen-bond acceptors (Lipinski definition) is 5. The number of nitrogens with one attached hydrogen (secondary N) is 1. The van der Waals surface area contributed by atoms with E-state index in [-0.39, 0.29) is 6.79 Å². The van der Waals surface area contributed by atoms with Crippen LogP contribution in [-0.4, -0.2) is 18.1 Å². The molecule has 0 aromatic heterocycles. The van der Waals surface area contributed by atoms with Gasteiger partial charge >= 0.3 is 0 Å². The third kappa shape index (κ3) is 3.62. The molecule has 130 valence electrons. The van der Waals surface area contributed by atoms with Crippen molar-refractivity contribution in [3.05, 3.63) is 77.9 Å². The summed E-state index contributed by atoms with van der Waals surface area (Å²) >= 11 is 0. The molecule has 1 aliphatic rings. The number of aliphatic imine (C=N–C) groups is 1. The van der Waals surface area contributed by atoms with Crippen LogP contribution in [0.1, 0.15) is 11.1 Å². The number of rotatable bonds is 5. The van der Waals surface area contributed by atoms with E-state index in [1.807, 2.05) is 60.7 Å². The lowest BCUT2D eigenvalue weighted by Crippen LogP contribution is -1.99. The number of phenols is 1. The van der Waals surface area contributed by atoms with E-state index in [4.69, 9.17) is 9.47 Å². The van der Waals surface area contributed by atoms with Gasteiger partial charge in [0.15, 0.2) is 11.5 Å². The normalized spacial score (nSPS) is 12.5. The average Bonchev–Trinajstić information content (AvgIpc) is 3.14. The molecule has 3 aromatic carbocycles. The summed E-state index contributed by atoms with van der Waals surface area (Å²) in [6.07, 6.45) is 1.80. The highest BCUT2D eigenvalue weighted by Crippen LogP contribution is 2.32. The maximum atomic E-state index is 9.79. The van der Waals surface area contributed by atoms with Crippen molar-refractivity contribution in [3.8, 4) is 17.2 Å². The molecule has 0 fully saturated rings.